The van der Waals surface area contributed by atoms with Crippen LogP contribution < -0.4 is 0 Å². The maximum atomic E-state index is 14.4. The Labute approximate surface area is 221 Å². The summed E-state index contributed by atoms with van der Waals surface area (Å²) in [7, 11) is 1.39. The number of fused-ring (bicyclic) bond motifs is 3. The Morgan fingerprint density at radius 2 is 1.70 bits per heavy atom. The van der Waals surface area contributed by atoms with Crippen molar-refractivity contribution in [2.24, 2.45) is 45.3 Å². The zero-order valence-corrected chi connectivity index (χ0v) is 23.9. The van der Waals surface area contributed by atoms with E-state index in [1.165, 1.54) is 14.0 Å². The first-order chi connectivity index (χ1) is 17.0. The van der Waals surface area contributed by atoms with Crippen LogP contribution in [-0.2, 0) is 28.7 Å². The van der Waals surface area contributed by atoms with Crippen molar-refractivity contribution in [2.75, 3.05) is 7.11 Å². The molecule has 7 nitrogen and oxygen atoms in total. The molecule has 0 aliphatic heterocycles. The number of hydrogen-bond donors (Lipinski definition) is 1. The fraction of sp³-hybridized carbons (Fsp3) is 0.867. The lowest BCUT2D eigenvalue weighted by molar-refractivity contribution is -0.218. The first-order valence-corrected chi connectivity index (χ1v) is 14.0. The normalized spacial score (nSPS) is 45.3. The molecule has 208 valence electrons. The summed E-state index contributed by atoms with van der Waals surface area (Å²) >= 11 is 0. The van der Waals surface area contributed by atoms with Crippen molar-refractivity contribution in [1.82, 2.24) is 0 Å². The smallest absolute Gasteiger partial charge is 0.305 e. The molecule has 0 radical (unpaired) electrons. The highest BCUT2D eigenvalue weighted by molar-refractivity contribution is 6.02. The van der Waals surface area contributed by atoms with Crippen molar-refractivity contribution in [2.45, 2.75) is 112 Å². The molecule has 0 heterocycles. The van der Waals surface area contributed by atoms with Gasteiger partial charge in [-0.1, -0.05) is 41.5 Å². The number of hydrogen-bond acceptors (Lipinski definition) is 7. The zero-order valence-electron chi connectivity index (χ0n) is 23.9. The fourth-order valence-corrected chi connectivity index (χ4v) is 9.47. The maximum absolute atomic E-state index is 14.4. The maximum Gasteiger partial charge on any atom is 0.305 e. The van der Waals surface area contributed by atoms with Crippen LogP contribution in [0, 0.1) is 45.3 Å². The Kier molecular flexibility index (Phi) is 6.79. The van der Waals surface area contributed by atoms with Gasteiger partial charge in [0.05, 0.1) is 13.0 Å². The van der Waals surface area contributed by atoms with Gasteiger partial charge in [-0.15, -0.1) is 0 Å². The van der Waals surface area contributed by atoms with E-state index in [1.807, 2.05) is 27.7 Å². The molecule has 0 spiro atoms. The van der Waals surface area contributed by atoms with E-state index >= 15 is 0 Å². The van der Waals surface area contributed by atoms with Crippen molar-refractivity contribution in [3.05, 3.63) is 0 Å². The Morgan fingerprint density at radius 3 is 2.30 bits per heavy atom. The molecule has 9 atom stereocenters. The van der Waals surface area contributed by atoms with Gasteiger partial charge in [-0.25, -0.2) is 0 Å². The largest absolute Gasteiger partial charge is 0.469 e. The van der Waals surface area contributed by atoms with Crippen molar-refractivity contribution < 1.29 is 33.8 Å². The summed E-state index contributed by atoms with van der Waals surface area (Å²) in [6.07, 6.45) is 4.01. The van der Waals surface area contributed by atoms with E-state index < -0.39 is 33.2 Å². The van der Waals surface area contributed by atoms with Gasteiger partial charge in [-0.3, -0.25) is 19.2 Å². The van der Waals surface area contributed by atoms with E-state index in [9.17, 15) is 24.3 Å². The highest BCUT2D eigenvalue weighted by Gasteiger charge is 2.74. The van der Waals surface area contributed by atoms with E-state index in [2.05, 4.69) is 13.8 Å². The third-order valence-corrected chi connectivity index (χ3v) is 12.0. The number of rotatable bonds is 5. The summed E-state index contributed by atoms with van der Waals surface area (Å²) in [6.45, 7) is 13.7. The number of carbonyl (C=O) groups is 4. The Bertz CT molecular complexity index is 1000. The van der Waals surface area contributed by atoms with Gasteiger partial charge in [0.2, 0.25) is 0 Å². The molecule has 37 heavy (non-hydrogen) atoms. The lowest BCUT2D eigenvalue weighted by Gasteiger charge is -2.64. The Balaban J connectivity index is 1.70. The summed E-state index contributed by atoms with van der Waals surface area (Å²) in [5.74, 6) is -1.45. The van der Waals surface area contributed by atoms with Gasteiger partial charge in [0.25, 0.3) is 0 Å². The number of ether oxygens (including phenoxy) is 2. The number of ketones is 2. The Hall–Kier alpha value is -1.76. The Morgan fingerprint density at radius 1 is 1.05 bits per heavy atom. The zero-order chi connectivity index (χ0) is 27.8. The van der Waals surface area contributed by atoms with E-state index in [-0.39, 0.29) is 53.8 Å². The quantitative estimate of drug-likeness (QED) is 0.527. The van der Waals surface area contributed by atoms with Crippen LogP contribution >= 0.6 is 0 Å². The summed E-state index contributed by atoms with van der Waals surface area (Å²) in [5, 5.41) is 12.2. The summed E-state index contributed by atoms with van der Waals surface area (Å²) < 4.78 is 10.5. The van der Waals surface area contributed by atoms with Crippen molar-refractivity contribution in [3.63, 3.8) is 0 Å². The number of esters is 2. The lowest BCUT2D eigenvalue weighted by atomic mass is 9.39. The highest BCUT2D eigenvalue weighted by atomic mass is 16.5. The first-order valence-electron chi connectivity index (χ1n) is 14.0. The molecule has 0 aromatic rings. The van der Waals surface area contributed by atoms with Crippen molar-refractivity contribution in [1.29, 1.82) is 0 Å². The van der Waals surface area contributed by atoms with Crippen LogP contribution in [0.1, 0.15) is 99.8 Å². The van der Waals surface area contributed by atoms with E-state index in [0.29, 0.717) is 38.5 Å². The number of Topliss-reactive ketones (excluding diaryl/α,β-unsaturated/α-hetero) is 2. The van der Waals surface area contributed by atoms with Crippen LogP contribution in [0.4, 0.5) is 0 Å². The number of aliphatic hydroxyl groups is 1. The van der Waals surface area contributed by atoms with Gasteiger partial charge in [-0.05, 0) is 68.1 Å². The molecule has 7 heteroatoms. The standard InChI is InChI=1S/C30H46O7/c1-17(9-10-23(32)36-8)19-11-14-28(6)25(34)30(35)16-21-26(3,4)22(37-18(2)31)12-13-27(21,5)24(33)20(30)15-29(19,28)7/h17,19-22,35H,9-16H2,1-8H3/t17-,19-,20+,21+,22+,27+,28+,29-,30-/m1/s1. The molecule has 4 fully saturated rings. The van der Waals surface area contributed by atoms with Crippen LogP contribution in [0.15, 0.2) is 0 Å². The van der Waals surface area contributed by atoms with Crippen LogP contribution in [0.25, 0.3) is 0 Å². The third kappa shape index (κ3) is 3.84. The minimum Gasteiger partial charge on any atom is -0.469 e. The second-order valence-electron chi connectivity index (χ2n) is 14.0. The van der Waals surface area contributed by atoms with Crippen LogP contribution in [-0.4, -0.2) is 47.4 Å². The fourth-order valence-electron chi connectivity index (χ4n) is 9.47. The van der Waals surface area contributed by atoms with Crippen molar-refractivity contribution in [3.8, 4) is 0 Å². The second-order valence-corrected chi connectivity index (χ2v) is 14.0. The van der Waals surface area contributed by atoms with E-state index in [1.54, 1.807) is 0 Å². The predicted octanol–water partition coefficient (Wildman–Crippen LogP) is 4.67. The molecule has 0 aromatic heterocycles. The first kappa shape index (κ1) is 28.3. The number of carbonyl (C=O) groups excluding carboxylic acids is 4. The second kappa shape index (κ2) is 8.89. The molecule has 4 rings (SSSR count). The molecule has 0 unspecified atom stereocenters. The average Bonchev–Trinajstić information content (AvgIpc) is 3.10. The minimum atomic E-state index is -1.71. The molecule has 4 aliphatic carbocycles. The molecular formula is C30H46O7. The summed E-state index contributed by atoms with van der Waals surface area (Å²) in [6, 6.07) is 0. The molecule has 0 saturated heterocycles. The third-order valence-electron chi connectivity index (χ3n) is 12.0. The molecule has 0 aromatic carbocycles. The van der Waals surface area contributed by atoms with Crippen LogP contribution in [0.2, 0.25) is 0 Å². The van der Waals surface area contributed by atoms with Gasteiger partial charge in [0, 0.05) is 29.6 Å². The highest BCUT2D eigenvalue weighted by Crippen LogP contribution is 2.70. The average molecular weight is 519 g/mol. The van der Waals surface area contributed by atoms with E-state index in [4.69, 9.17) is 9.47 Å². The molecular weight excluding hydrogens is 472 g/mol. The topological polar surface area (TPSA) is 107 Å². The molecule has 0 amide bonds. The summed E-state index contributed by atoms with van der Waals surface area (Å²) in [5.41, 5.74) is -4.15. The lowest BCUT2D eigenvalue weighted by Crippen LogP contribution is -2.72. The minimum absolute atomic E-state index is 0.00918. The van der Waals surface area contributed by atoms with Crippen molar-refractivity contribution >= 4 is 23.5 Å². The van der Waals surface area contributed by atoms with Gasteiger partial charge < -0.3 is 14.6 Å². The number of methoxy groups -OCH3 is 1. The van der Waals surface area contributed by atoms with Crippen LogP contribution in [0.3, 0.4) is 0 Å². The molecule has 4 saturated carbocycles. The summed E-state index contributed by atoms with van der Waals surface area (Å²) in [4.78, 5) is 52.4. The molecule has 4 aliphatic rings. The molecule has 0 bridgehead atoms. The monoisotopic (exact) mass is 518 g/mol. The van der Waals surface area contributed by atoms with E-state index in [0.717, 1.165) is 6.42 Å². The van der Waals surface area contributed by atoms with Gasteiger partial charge in [0.1, 0.15) is 17.5 Å². The predicted molar refractivity (Wildman–Crippen MR) is 137 cm³/mol. The van der Waals surface area contributed by atoms with Crippen LogP contribution in [0.5, 0.6) is 0 Å². The SMILES string of the molecule is COC(=O)CC[C@@H](C)[C@H]1CC[C@@]2(C)C(=O)[C@@]3(O)C[C@H]4C(C)(C)[C@@H](OC(C)=O)CC[C@]4(C)C(=O)[C@@H]3C[C@]12C. The van der Waals surface area contributed by atoms with Gasteiger partial charge >= 0.3 is 11.9 Å². The van der Waals surface area contributed by atoms with Gasteiger partial charge in [-0.2, -0.15) is 0 Å². The molecule has 1 N–H and O–H groups in total. The van der Waals surface area contributed by atoms with Gasteiger partial charge in [0.15, 0.2) is 5.78 Å².